The first-order valence-electron chi connectivity index (χ1n) is 9.46. The maximum Gasteiger partial charge on any atom is 0.138 e. The molecule has 1 aromatic carbocycles. The molecule has 1 heterocycles. The quantitative estimate of drug-likeness (QED) is 0.630. The third-order valence-electron chi connectivity index (χ3n) is 5.42. The molecule has 0 amide bonds. The van der Waals surface area contributed by atoms with E-state index in [0.29, 0.717) is 11.4 Å². The first-order valence-corrected chi connectivity index (χ1v) is 9.84. The highest BCUT2D eigenvalue weighted by Gasteiger charge is 2.30. The van der Waals surface area contributed by atoms with Crippen LogP contribution < -0.4 is 15.8 Å². The molecule has 3 rings (SSSR count). The van der Waals surface area contributed by atoms with Gasteiger partial charge in [0.05, 0.1) is 23.8 Å². The molecular formula is C20H29ClN2O3. The highest BCUT2D eigenvalue weighted by molar-refractivity contribution is 6.32. The van der Waals surface area contributed by atoms with E-state index in [-0.39, 0.29) is 12.7 Å². The Kier molecular flexibility index (Phi) is 6.46. The van der Waals surface area contributed by atoms with E-state index < -0.39 is 11.6 Å². The second-order valence-electron chi connectivity index (χ2n) is 7.62. The zero-order chi connectivity index (χ0) is 18.6. The predicted molar refractivity (Wildman–Crippen MR) is 104 cm³/mol. The minimum absolute atomic E-state index is 0.128. The van der Waals surface area contributed by atoms with Crippen LogP contribution in [-0.2, 0) is 6.54 Å². The third kappa shape index (κ3) is 4.92. The van der Waals surface area contributed by atoms with E-state index in [0.717, 1.165) is 56.4 Å². The van der Waals surface area contributed by atoms with Crippen molar-refractivity contribution >= 4 is 17.7 Å². The second-order valence-corrected chi connectivity index (χ2v) is 8.03. The number of aliphatic hydroxyl groups excluding tert-OH is 2. The summed E-state index contributed by atoms with van der Waals surface area (Å²) >= 11 is 6.42. The van der Waals surface area contributed by atoms with E-state index in [9.17, 15) is 5.11 Å². The molecule has 1 aliphatic carbocycles. The minimum atomic E-state index is -0.733. The lowest BCUT2D eigenvalue weighted by Gasteiger charge is -2.34. The van der Waals surface area contributed by atoms with E-state index in [2.05, 4.69) is 5.32 Å². The standard InChI is InChI=1S/C20H29ClN2O3/c21-18-9-15-12-23-8-5-14(15)10-19(18)26-17-3-1-6-20(22,7-2-4-17)11-16(25)13-24/h5,8-10,16-17,23-25H,1-4,6-7,11-13,22H2. The van der Waals surface area contributed by atoms with E-state index in [1.54, 1.807) is 0 Å². The van der Waals surface area contributed by atoms with E-state index >= 15 is 0 Å². The molecule has 0 radical (unpaired) electrons. The zero-order valence-corrected chi connectivity index (χ0v) is 15.8. The first-order chi connectivity index (χ1) is 12.5. The third-order valence-corrected chi connectivity index (χ3v) is 5.71. The molecule has 5 nitrogen and oxygen atoms in total. The SMILES string of the molecule is NC1(CC(O)CO)CCCC(Oc2cc3c(cc2Cl)CNC=C3)CCC1. The number of ether oxygens (including phenoxy) is 1. The lowest BCUT2D eigenvalue weighted by Crippen LogP contribution is -2.45. The molecule has 2 aliphatic rings. The van der Waals surface area contributed by atoms with Crippen LogP contribution in [0, 0.1) is 0 Å². The van der Waals surface area contributed by atoms with E-state index in [1.807, 2.05) is 24.4 Å². The van der Waals surface area contributed by atoms with Gasteiger partial charge < -0.3 is 26.0 Å². The highest BCUT2D eigenvalue weighted by atomic mass is 35.5. The summed E-state index contributed by atoms with van der Waals surface area (Å²) in [5.74, 6) is 0.747. The monoisotopic (exact) mass is 380 g/mol. The number of benzene rings is 1. The Hall–Kier alpha value is -1.27. The number of nitrogens with two attached hydrogens (primary N) is 1. The number of aliphatic hydroxyl groups is 2. The molecule has 1 unspecified atom stereocenters. The Balaban J connectivity index is 1.60. The van der Waals surface area contributed by atoms with Crippen LogP contribution in [0.4, 0.5) is 0 Å². The van der Waals surface area contributed by atoms with Crippen molar-refractivity contribution in [3.05, 3.63) is 34.5 Å². The van der Waals surface area contributed by atoms with E-state index in [4.69, 9.17) is 27.2 Å². The summed E-state index contributed by atoms with van der Waals surface area (Å²) in [6, 6.07) is 4.01. The van der Waals surface area contributed by atoms with Gasteiger partial charge in [-0.2, -0.15) is 0 Å². The minimum Gasteiger partial charge on any atom is -0.489 e. The molecule has 1 saturated carbocycles. The van der Waals surface area contributed by atoms with Gasteiger partial charge in [-0.1, -0.05) is 11.6 Å². The summed E-state index contributed by atoms with van der Waals surface area (Å²) < 4.78 is 6.24. The number of fused-ring (bicyclic) bond motifs is 1. The smallest absolute Gasteiger partial charge is 0.138 e. The fraction of sp³-hybridized carbons (Fsp3) is 0.600. The molecule has 0 aromatic heterocycles. The van der Waals surface area contributed by atoms with Gasteiger partial charge in [-0.3, -0.25) is 0 Å². The van der Waals surface area contributed by atoms with Gasteiger partial charge in [0.15, 0.2) is 0 Å². The summed E-state index contributed by atoms with van der Waals surface area (Å²) in [5.41, 5.74) is 8.39. The molecule has 0 spiro atoms. The van der Waals surface area contributed by atoms with E-state index in [1.165, 1.54) is 5.56 Å². The Morgan fingerprint density at radius 1 is 1.31 bits per heavy atom. The average molecular weight is 381 g/mol. The Morgan fingerprint density at radius 2 is 2.04 bits per heavy atom. The van der Waals surface area contributed by atoms with Gasteiger partial charge in [0, 0.05) is 12.1 Å². The number of nitrogens with one attached hydrogen (secondary N) is 1. The second kappa shape index (κ2) is 8.61. The van der Waals surface area contributed by atoms with Crippen LogP contribution in [0.1, 0.15) is 56.1 Å². The van der Waals surface area contributed by atoms with Gasteiger partial charge in [-0.15, -0.1) is 0 Å². The van der Waals surface area contributed by atoms with Crippen LogP contribution in [0.3, 0.4) is 0 Å². The van der Waals surface area contributed by atoms with Crippen molar-refractivity contribution in [2.24, 2.45) is 5.73 Å². The molecule has 1 aromatic rings. The van der Waals surface area contributed by atoms with Crippen molar-refractivity contribution in [3.8, 4) is 5.75 Å². The first kappa shape index (κ1) is 19.5. The molecule has 6 heteroatoms. The maximum absolute atomic E-state index is 9.73. The van der Waals surface area contributed by atoms with Crippen LogP contribution in [0.2, 0.25) is 5.02 Å². The zero-order valence-electron chi connectivity index (χ0n) is 15.1. The number of halogens is 1. The maximum atomic E-state index is 9.73. The van der Waals surface area contributed by atoms with Crippen LogP contribution in [-0.4, -0.2) is 34.6 Å². The molecule has 0 bridgehead atoms. The predicted octanol–water partition coefficient (Wildman–Crippen LogP) is 2.96. The Morgan fingerprint density at radius 3 is 2.73 bits per heavy atom. The fourth-order valence-corrected chi connectivity index (χ4v) is 4.23. The summed E-state index contributed by atoms with van der Waals surface area (Å²) in [5, 5.41) is 22.6. The summed E-state index contributed by atoms with van der Waals surface area (Å²) in [4.78, 5) is 0. The molecule has 144 valence electrons. The number of hydrogen-bond acceptors (Lipinski definition) is 5. The summed E-state index contributed by atoms with van der Waals surface area (Å²) in [6.45, 7) is 0.555. The van der Waals surface area contributed by atoms with Crippen LogP contribution in [0.25, 0.3) is 6.08 Å². The average Bonchev–Trinajstić information content (AvgIpc) is 2.60. The fourth-order valence-electron chi connectivity index (χ4n) is 3.99. The van der Waals surface area contributed by atoms with Gasteiger partial charge >= 0.3 is 0 Å². The van der Waals surface area contributed by atoms with Gasteiger partial charge in [0.25, 0.3) is 0 Å². The lowest BCUT2D eigenvalue weighted by molar-refractivity contribution is 0.0582. The van der Waals surface area contributed by atoms with Crippen LogP contribution >= 0.6 is 11.6 Å². The summed E-state index contributed by atoms with van der Waals surface area (Å²) in [7, 11) is 0. The molecule has 5 N–H and O–H groups in total. The van der Waals surface area contributed by atoms with Crippen LogP contribution in [0.15, 0.2) is 18.3 Å². The van der Waals surface area contributed by atoms with Gasteiger partial charge in [0.1, 0.15) is 5.75 Å². The lowest BCUT2D eigenvalue weighted by atomic mass is 9.80. The van der Waals surface area contributed by atoms with Gasteiger partial charge in [-0.05, 0) is 80.5 Å². The molecule has 26 heavy (non-hydrogen) atoms. The molecule has 1 aliphatic heterocycles. The topological polar surface area (TPSA) is 87.7 Å². The highest BCUT2D eigenvalue weighted by Crippen LogP contribution is 2.34. The van der Waals surface area contributed by atoms with Crippen molar-refractivity contribution in [1.29, 1.82) is 0 Å². The van der Waals surface area contributed by atoms with Crippen molar-refractivity contribution in [3.63, 3.8) is 0 Å². The van der Waals surface area contributed by atoms with Gasteiger partial charge in [0.2, 0.25) is 0 Å². The largest absolute Gasteiger partial charge is 0.489 e. The van der Waals surface area contributed by atoms with Crippen LogP contribution in [0.5, 0.6) is 5.75 Å². The normalized spacial score (nSPS) is 27.0. The number of hydrogen-bond donors (Lipinski definition) is 4. The van der Waals surface area contributed by atoms with Gasteiger partial charge in [-0.25, -0.2) is 0 Å². The molecule has 0 saturated heterocycles. The van der Waals surface area contributed by atoms with Crippen molar-refractivity contribution in [2.75, 3.05) is 6.61 Å². The van der Waals surface area contributed by atoms with Crippen molar-refractivity contribution in [2.45, 2.75) is 69.2 Å². The Labute approximate surface area is 160 Å². The summed E-state index contributed by atoms with van der Waals surface area (Å²) in [6.07, 6.45) is 9.19. The molecular weight excluding hydrogens is 352 g/mol. The Bertz CT molecular complexity index is 640. The molecule has 1 atom stereocenters. The molecule has 1 fully saturated rings. The van der Waals surface area contributed by atoms with Crippen molar-refractivity contribution < 1.29 is 14.9 Å². The van der Waals surface area contributed by atoms with Crippen molar-refractivity contribution in [1.82, 2.24) is 5.32 Å². The number of rotatable bonds is 5.